The zero-order valence-corrected chi connectivity index (χ0v) is 19.2. The molecule has 6 heteroatoms. The lowest BCUT2D eigenvalue weighted by Gasteiger charge is -2.24. The van der Waals surface area contributed by atoms with Crippen LogP contribution < -0.4 is 4.74 Å². The third kappa shape index (κ3) is 4.55. The van der Waals surface area contributed by atoms with E-state index >= 15 is 0 Å². The van der Waals surface area contributed by atoms with Gasteiger partial charge in [0.2, 0.25) is 0 Å². The van der Waals surface area contributed by atoms with Crippen molar-refractivity contribution in [2.45, 2.75) is 44.2 Å². The van der Waals surface area contributed by atoms with Crippen LogP contribution in [0.5, 0.6) is 5.75 Å². The minimum absolute atomic E-state index is 0.0735. The molecular weight excluding hydrogens is 408 g/mol. The summed E-state index contributed by atoms with van der Waals surface area (Å²) in [6, 6.07) is 18.4. The van der Waals surface area contributed by atoms with Gasteiger partial charge in [-0.15, -0.1) is 0 Å². The van der Waals surface area contributed by atoms with Gasteiger partial charge in [-0.25, -0.2) is 8.42 Å². The Kier molecular flexibility index (Phi) is 6.21. The summed E-state index contributed by atoms with van der Waals surface area (Å²) >= 11 is 0. The predicted octanol–water partition coefficient (Wildman–Crippen LogP) is 5.13. The Hall–Kier alpha value is -2.57. The van der Waals surface area contributed by atoms with E-state index in [1.54, 1.807) is 32.2 Å². The molecule has 1 aliphatic heterocycles. The SMILES string of the molecule is CCS(=O)(=O)c1ccc(OC)c(-c2ccc(CN3CCCC3c3ccc(C)cc3)[nH]2)c1. The van der Waals surface area contributed by atoms with Gasteiger partial charge < -0.3 is 9.72 Å². The van der Waals surface area contributed by atoms with E-state index in [1.807, 2.05) is 6.07 Å². The maximum atomic E-state index is 12.4. The monoisotopic (exact) mass is 438 g/mol. The number of H-pyrrole nitrogens is 1. The molecule has 0 radical (unpaired) electrons. The Labute approximate surface area is 185 Å². The average molecular weight is 439 g/mol. The van der Waals surface area contributed by atoms with Crippen LogP contribution in [0.15, 0.2) is 59.5 Å². The number of benzene rings is 2. The summed E-state index contributed by atoms with van der Waals surface area (Å²) in [4.78, 5) is 6.32. The van der Waals surface area contributed by atoms with Crippen LogP contribution >= 0.6 is 0 Å². The summed E-state index contributed by atoms with van der Waals surface area (Å²) in [5.41, 5.74) is 5.39. The zero-order chi connectivity index (χ0) is 22.0. The molecule has 0 aliphatic carbocycles. The number of nitrogens with one attached hydrogen (secondary N) is 1. The highest BCUT2D eigenvalue weighted by atomic mass is 32.2. The van der Waals surface area contributed by atoms with Crippen molar-refractivity contribution in [3.8, 4) is 17.0 Å². The van der Waals surface area contributed by atoms with Crippen molar-refractivity contribution in [3.63, 3.8) is 0 Å². The van der Waals surface area contributed by atoms with Crippen molar-refractivity contribution in [2.75, 3.05) is 19.4 Å². The van der Waals surface area contributed by atoms with Crippen molar-refractivity contribution in [1.82, 2.24) is 9.88 Å². The van der Waals surface area contributed by atoms with E-state index in [9.17, 15) is 8.42 Å². The fraction of sp³-hybridized carbons (Fsp3) is 0.360. The number of likely N-dealkylation sites (tertiary alicyclic amines) is 1. The van der Waals surface area contributed by atoms with Crippen LogP contribution in [0.3, 0.4) is 0 Å². The standard InChI is InChI=1S/C25H30N2O3S/c1-4-31(28,29)21-12-14-25(30-3)22(16-21)23-13-11-20(26-23)17-27-15-5-6-24(27)19-9-7-18(2)8-10-19/h7-14,16,24,26H,4-6,15,17H2,1-3H3. The van der Waals surface area contributed by atoms with Crippen LogP contribution in [0.2, 0.25) is 0 Å². The molecule has 0 saturated carbocycles. The highest BCUT2D eigenvalue weighted by Gasteiger charge is 2.26. The molecule has 1 N–H and O–H groups in total. The van der Waals surface area contributed by atoms with Crippen LogP contribution in [0.25, 0.3) is 11.3 Å². The van der Waals surface area contributed by atoms with Gasteiger partial charge in [-0.3, -0.25) is 4.90 Å². The number of nitrogens with zero attached hydrogens (tertiary/aromatic N) is 1. The van der Waals surface area contributed by atoms with Gasteiger partial charge in [0.25, 0.3) is 0 Å². The molecule has 0 spiro atoms. The average Bonchev–Trinajstić information content (AvgIpc) is 3.44. The lowest BCUT2D eigenvalue weighted by Crippen LogP contribution is -2.22. The second-order valence-corrected chi connectivity index (χ2v) is 10.5. The first-order valence-electron chi connectivity index (χ1n) is 10.8. The highest BCUT2D eigenvalue weighted by molar-refractivity contribution is 7.91. The van der Waals surface area contributed by atoms with Gasteiger partial charge in [-0.05, 0) is 62.2 Å². The van der Waals surface area contributed by atoms with Crippen molar-refractivity contribution < 1.29 is 13.2 Å². The number of aryl methyl sites for hydroxylation is 1. The second-order valence-electron chi connectivity index (χ2n) is 8.20. The van der Waals surface area contributed by atoms with Gasteiger partial charge in [0.1, 0.15) is 5.75 Å². The molecule has 1 aliphatic rings. The lowest BCUT2D eigenvalue weighted by atomic mass is 10.0. The number of hydrogen-bond donors (Lipinski definition) is 1. The summed E-state index contributed by atoms with van der Waals surface area (Å²) in [7, 11) is -1.68. The smallest absolute Gasteiger partial charge is 0.178 e. The molecule has 1 aromatic heterocycles. The first-order valence-corrected chi connectivity index (χ1v) is 12.5. The highest BCUT2D eigenvalue weighted by Crippen LogP contribution is 2.35. The Balaban J connectivity index is 1.58. The molecule has 164 valence electrons. The molecule has 1 fully saturated rings. The lowest BCUT2D eigenvalue weighted by molar-refractivity contribution is 0.246. The summed E-state index contributed by atoms with van der Waals surface area (Å²) in [5.74, 6) is 0.728. The molecule has 3 aromatic rings. The first-order chi connectivity index (χ1) is 14.9. The normalized spacial score (nSPS) is 17.2. The maximum absolute atomic E-state index is 12.4. The number of ether oxygens (including phenoxy) is 1. The van der Waals surface area contributed by atoms with Gasteiger partial charge >= 0.3 is 0 Å². The molecular formula is C25H30N2O3S. The predicted molar refractivity (Wildman–Crippen MR) is 124 cm³/mol. The molecule has 31 heavy (non-hydrogen) atoms. The Morgan fingerprint density at radius 1 is 1.10 bits per heavy atom. The Morgan fingerprint density at radius 3 is 2.58 bits per heavy atom. The van der Waals surface area contributed by atoms with E-state index < -0.39 is 9.84 Å². The van der Waals surface area contributed by atoms with Crippen LogP contribution in [0, 0.1) is 6.92 Å². The van der Waals surface area contributed by atoms with Crippen molar-refractivity contribution >= 4 is 9.84 Å². The quantitative estimate of drug-likeness (QED) is 0.555. The van der Waals surface area contributed by atoms with E-state index in [0.717, 1.165) is 30.0 Å². The van der Waals surface area contributed by atoms with Crippen molar-refractivity contribution in [1.29, 1.82) is 0 Å². The van der Waals surface area contributed by atoms with E-state index in [2.05, 4.69) is 47.1 Å². The molecule has 4 rings (SSSR count). The van der Waals surface area contributed by atoms with Gasteiger partial charge in [0.05, 0.1) is 17.8 Å². The molecule has 0 bridgehead atoms. The third-order valence-electron chi connectivity index (χ3n) is 6.15. The topological polar surface area (TPSA) is 62.4 Å². The van der Waals surface area contributed by atoms with Gasteiger partial charge in [0, 0.05) is 29.5 Å². The molecule has 2 heterocycles. The van der Waals surface area contributed by atoms with Crippen LogP contribution in [-0.2, 0) is 16.4 Å². The van der Waals surface area contributed by atoms with Crippen LogP contribution in [-0.4, -0.2) is 37.7 Å². The van der Waals surface area contributed by atoms with Gasteiger partial charge in [-0.2, -0.15) is 0 Å². The molecule has 1 saturated heterocycles. The van der Waals surface area contributed by atoms with Crippen molar-refractivity contribution in [2.24, 2.45) is 0 Å². The number of aromatic nitrogens is 1. The summed E-state index contributed by atoms with van der Waals surface area (Å²) < 4.78 is 30.2. The van der Waals surface area contributed by atoms with E-state index in [1.165, 1.54) is 24.0 Å². The minimum Gasteiger partial charge on any atom is -0.496 e. The van der Waals surface area contributed by atoms with E-state index in [0.29, 0.717) is 16.7 Å². The number of rotatable bonds is 7. The largest absolute Gasteiger partial charge is 0.496 e. The van der Waals surface area contributed by atoms with Crippen LogP contribution in [0.4, 0.5) is 0 Å². The van der Waals surface area contributed by atoms with E-state index in [-0.39, 0.29) is 5.75 Å². The number of aromatic amines is 1. The third-order valence-corrected chi connectivity index (χ3v) is 7.88. The van der Waals surface area contributed by atoms with Gasteiger partial charge in [0.15, 0.2) is 9.84 Å². The van der Waals surface area contributed by atoms with Crippen molar-refractivity contribution in [3.05, 3.63) is 71.4 Å². The molecule has 1 atom stereocenters. The number of hydrogen-bond acceptors (Lipinski definition) is 4. The zero-order valence-electron chi connectivity index (χ0n) is 18.4. The summed E-state index contributed by atoms with van der Waals surface area (Å²) in [6.07, 6.45) is 2.36. The Bertz CT molecular complexity index is 1150. The van der Waals surface area contributed by atoms with Crippen LogP contribution in [0.1, 0.15) is 42.6 Å². The molecule has 5 nitrogen and oxygen atoms in total. The number of sulfone groups is 1. The molecule has 0 amide bonds. The minimum atomic E-state index is -3.28. The number of methoxy groups -OCH3 is 1. The fourth-order valence-corrected chi connectivity index (χ4v) is 5.25. The molecule has 1 unspecified atom stereocenters. The van der Waals surface area contributed by atoms with Gasteiger partial charge in [-0.1, -0.05) is 36.8 Å². The second kappa shape index (κ2) is 8.89. The fourth-order valence-electron chi connectivity index (χ4n) is 4.35. The van der Waals surface area contributed by atoms with E-state index in [4.69, 9.17) is 4.74 Å². The first kappa shape index (κ1) is 21.7. The summed E-state index contributed by atoms with van der Waals surface area (Å²) in [5, 5.41) is 0. The Morgan fingerprint density at radius 2 is 1.87 bits per heavy atom. The maximum Gasteiger partial charge on any atom is 0.178 e. The molecule has 2 aromatic carbocycles. The summed E-state index contributed by atoms with van der Waals surface area (Å²) in [6.45, 7) is 5.67.